The largest absolute Gasteiger partial charge is 0.394 e. The summed E-state index contributed by atoms with van der Waals surface area (Å²) in [5.74, 6) is 0.144. The molecule has 0 spiro atoms. The highest BCUT2D eigenvalue weighted by Crippen LogP contribution is 2.18. The number of amides is 1. The Kier molecular flexibility index (Phi) is 5.05. The summed E-state index contributed by atoms with van der Waals surface area (Å²) in [6.45, 7) is 2.79. The molecule has 0 saturated carbocycles. The van der Waals surface area contributed by atoms with E-state index in [0.29, 0.717) is 6.42 Å². The van der Waals surface area contributed by atoms with Gasteiger partial charge in [0.05, 0.1) is 12.6 Å². The van der Waals surface area contributed by atoms with E-state index >= 15 is 0 Å². The maximum absolute atomic E-state index is 11.8. The molecule has 0 aromatic rings. The minimum Gasteiger partial charge on any atom is -0.394 e. The molecule has 1 rings (SSSR count). The molecule has 4 nitrogen and oxygen atoms in total. The summed E-state index contributed by atoms with van der Waals surface area (Å²) in [6, 6.07) is 0.116. The third kappa shape index (κ3) is 3.80. The van der Waals surface area contributed by atoms with Crippen molar-refractivity contribution in [2.24, 2.45) is 5.73 Å². The Morgan fingerprint density at radius 1 is 1.60 bits per heavy atom. The molecule has 0 aliphatic carbocycles. The predicted molar refractivity (Wildman–Crippen MR) is 59.3 cm³/mol. The van der Waals surface area contributed by atoms with Crippen molar-refractivity contribution in [3.8, 4) is 0 Å². The van der Waals surface area contributed by atoms with Crippen LogP contribution in [-0.4, -0.2) is 41.1 Å². The van der Waals surface area contributed by atoms with Crippen LogP contribution in [-0.2, 0) is 4.79 Å². The van der Waals surface area contributed by atoms with Gasteiger partial charge in [-0.2, -0.15) is 0 Å². The molecule has 1 saturated heterocycles. The summed E-state index contributed by atoms with van der Waals surface area (Å²) in [7, 11) is 0. The van der Waals surface area contributed by atoms with Crippen molar-refractivity contribution in [2.45, 2.75) is 51.1 Å². The van der Waals surface area contributed by atoms with Gasteiger partial charge >= 0.3 is 0 Å². The first-order valence-corrected chi connectivity index (χ1v) is 5.81. The lowest BCUT2D eigenvalue weighted by atomic mass is 10.0. The van der Waals surface area contributed by atoms with Crippen LogP contribution in [0.3, 0.4) is 0 Å². The van der Waals surface area contributed by atoms with E-state index in [4.69, 9.17) is 10.8 Å². The second-order valence-corrected chi connectivity index (χ2v) is 4.44. The fourth-order valence-electron chi connectivity index (χ4n) is 2.01. The van der Waals surface area contributed by atoms with Crippen LogP contribution in [0.4, 0.5) is 0 Å². The number of aliphatic hydroxyl groups excluding tert-OH is 1. The van der Waals surface area contributed by atoms with E-state index in [1.807, 2.05) is 11.8 Å². The molecule has 1 aliphatic rings. The summed E-state index contributed by atoms with van der Waals surface area (Å²) >= 11 is 0. The van der Waals surface area contributed by atoms with Crippen LogP contribution in [0.1, 0.15) is 39.0 Å². The van der Waals surface area contributed by atoms with Crippen molar-refractivity contribution in [1.82, 2.24) is 4.90 Å². The molecule has 0 aromatic carbocycles. The number of hydrogen-bond donors (Lipinski definition) is 2. The molecule has 1 amide bonds. The molecular weight excluding hydrogens is 192 g/mol. The fraction of sp³-hybridized carbons (Fsp3) is 0.909. The number of aliphatic hydroxyl groups is 1. The Balaban J connectivity index is 2.41. The fourth-order valence-corrected chi connectivity index (χ4v) is 2.01. The third-order valence-electron chi connectivity index (χ3n) is 2.97. The number of nitrogens with zero attached hydrogens (tertiary/aromatic N) is 1. The highest BCUT2D eigenvalue weighted by atomic mass is 16.3. The second kappa shape index (κ2) is 6.08. The first-order valence-electron chi connectivity index (χ1n) is 5.81. The van der Waals surface area contributed by atoms with Crippen molar-refractivity contribution in [3.05, 3.63) is 0 Å². The van der Waals surface area contributed by atoms with E-state index in [1.165, 1.54) is 0 Å². The molecule has 0 radical (unpaired) electrons. The van der Waals surface area contributed by atoms with Gasteiger partial charge in [-0.15, -0.1) is 0 Å². The Morgan fingerprint density at radius 3 is 2.93 bits per heavy atom. The average molecular weight is 214 g/mol. The van der Waals surface area contributed by atoms with Gasteiger partial charge in [0.2, 0.25) is 5.91 Å². The number of nitrogens with two attached hydrogens (primary N) is 1. The van der Waals surface area contributed by atoms with Gasteiger partial charge in [-0.3, -0.25) is 4.79 Å². The van der Waals surface area contributed by atoms with E-state index in [-0.39, 0.29) is 24.6 Å². The van der Waals surface area contributed by atoms with Gasteiger partial charge in [0, 0.05) is 19.0 Å². The zero-order valence-electron chi connectivity index (χ0n) is 9.48. The third-order valence-corrected chi connectivity index (χ3v) is 2.97. The lowest BCUT2D eigenvalue weighted by Gasteiger charge is -2.34. The summed E-state index contributed by atoms with van der Waals surface area (Å²) in [4.78, 5) is 13.7. The first-order chi connectivity index (χ1) is 7.15. The van der Waals surface area contributed by atoms with E-state index in [9.17, 15) is 4.79 Å². The smallest absolute Gasteiger partial charge is 0.222 e. The Labute approximate surface area is 91.4 Å². The molecule has 88 valence electrons. The minimum absolute atomic E-state index is 0.0410. The van der Waals surface area contributed by atoms with E-state index in [2.05, 4.69) is 0 Å². The SMILES string of the molecule is CC(N)CCC(=O)N1CCCCC1CO. The lowest BCUT2D eigenvalue weighted by Crippen LogP contribution is -2.45. The van der Waals surface area contributed by atoms with Gasteiger partial charge in [-0.25, -0.2) is 0 Å². The van der Waals surface area contributed by atoms with Crippen molar-refractivity contribution in [2.75, 3.05) is 13.2 Å². The zero-order valence-corrected chi connectivity index (χ0v) is 9.48. The lowest BCUT2D eigenvalue weighted by molar-refractivity contribution is -0.136. The van der Waals surface area contributed by atoms with Gasteiger partial charge in [0.1, 0.15) is 0 Å². The molecule has 15 heavy (non-hydrogen) atoms. The highest BCUT2D eigenvalue weighted by Gasteiger charge is 2.25. The topological polar surface area (TPSA) is 66.6 Å². The highest BCUT2D eigenvalue weighted by molar-refractivity contribution is 5.76. The standard InChI is InChI=1S/C11H22N2O2/c1-9(12)5-6-11(15)13-7-3-2-4-10(13)8-14/h9-10,14H,2-8,12H2,1H3. The van der Waals surface area contributed by atoms with Gasteiger partial charge < -0.3 is 15.7 Å². The molecule has 1 aliphatic heterocycles. The predicted octanol–water partition coefficient (Wildman–Crippen LogP) is 0.487. The van der Waals surface area contributed by atoms with Crippen LogP contribution in [0.25, 0.3) is 0 Å². The van der Waals surface area contributed by atoms with Gasteiger partial charge in [-0.05, 0) is 32.6 Å². The summed E-state index contributed by atoms with van der Waals surface area (Å²) in [5.41, 5.74) is 5.62. The number of piperidine rings is 1. The average Bonchev–Trinajstić information content (AvgIpc) is 2.25. The molecule has 1 heterocycles. The normalized spacial score (nSPS) is 23.9. The van der Waals surface area contributed by atoms with Crippen molar-refractivity contribution < 1.29 is 9.90 Å². The van der Waals surface area contributed by atoms with Gasteiger partial charge in [-0.1, -0.05) is 0 Å². The van der Waals surface area contributed by atoms with Gasteiger partial charge in [0.25, 0.3) is 0 Å². The second-order valence-electron chi connectivity index (χ2n) is 4.44. The number of carbonyl (C=O) groups excluding carboxylic acids is 1. The van der Waals surface area contributed by atoms with E-state index < -0.39 is 0 Å². The van der Waals surface area contributed by atoms with E-state index in [1.54, 1.807) is 0 Å². The summed E-state index contributed by atoms with van der Waals surface area (Å²) < 4.78 is 0. The molecule has 0 aromatic heterocycles. The number of likely N-dealkylation sites (tertiary alicyclic amines) is 1. The summed E-state index contributed by atoms with van der Waals surface area (Å²) in [5, 5.41) is 9.17. The van der Waals surface area contributed by atoms with Gasteiger partial charge in [0.15, 0.2) is 0 Å². The van der Waals surface area contributed by atoms with Crippen molar-refractivity contribution in [1.29, 1.82) is 0 Å². The summed E-state index contributed by atoms with van der Waals surface area (Å²) in [6.07, 6.45) is 4.34. The molecule has 1 fully saturated rings. The van der Waals surface area contributed by atoms with Crippen LogP contribution in [0.15, 0.2) is 0 Å². The maximum Gasteiger partial charge on any atom is 0.222 e. The van der Waals surface area contributed by atoms with Crippen molar-refractivity contribution in [3.63, 3.8) is 0 Å². The molecule has 0 bridgehead atoms. The molecule has 2 atom stereocenters. The Hall–Kier alpha value is -0.610. The minimum atomic E-state index is 0.0410. The monoisotopic (exact) mass is 214 g/mol. The quantitative estimate of drug-likeness (QED) is 0.715. The van der Waals surface area contributed by atoms with Crippen molar-refractivity contribution >= 4 is 5.91 Å². The molecular formula is C11H22N2O2. The molecule has 3 N–H and O–H groups in total. The molecule has 4 heteroatoms. The zero-order chi connectivity index (χ0) is 11.3. The van der Waals surface area contributed by atoms with Crippen LogP contribution in [0, 0.1) is 0 Å². The Morgan fingerprint density at radius 2 is 2.33 bits per heavy atom. The van der Waals surface area contributed by atoms with Crippen LogP contribution in [0.5, 0.6) is 0 Å². The maximum atomic E-state index is 11.8. The van der Waals surface area contributed by atoms with Crippen LogP contribution >= 0.6 is 0 Å². The van der Waals surface area contributed by atoms with Crippen LogP contribution in [0.2, 0.25) is 0 Å². The Bertz CT molecular complexity index is 207. The van der Waals surface area contributed by atoms with E-state index in [0.717, 1.165) is 32.2 Å². The number of hydrogen-bond acceptors (Lipinski definition) is 3. The number of rotatable bonds is 4. The molecule has 2 unspecified atom stereocenters. The first kappa shape index (κ1) is 12.5. The number of carbonyl (C=O) groups is 1. The van der Waals surface area contributed by atoms with Crippen LogP contribution < -0.4 is 5.73 Å².